The van der Waals surface area contributed by atoms with E-state index in [4.69, 9.17) is 0 Å². The van der Waals surface area contributed by atoms with Crippen molar-refractivity contribution in [1.82, 2.24) is 19.9 Å². The minimum absolute atomic E-state index is 0.168. The quantitative estimate of drug-likeness (QED) is 0.631. The summed E-state index contributed by atoms with van der Waals surface area (Å²) in [5.41, 5.74) is 0. The van der Waals surface area contributed by atoms with Crippen molar-refractivity contribution in [2.75, 3.05) is 18.8 Å². The second-order valence-corrected chi connectivity index (χ2v) is 10.5. The van der Waals surface area contributed by atoms with Crippen LogP contribution in [0.15, 0.2) is 28.3 Å². The average Bonchev–Trinajstić information content (AvgIpc) is 3.22. The fourth-order valence-corrected chi connectivity index (χ4v) is 5.84. The third-order valence-electron chi connectivity index (χ3n) is 5.18. The summed E-state index contributed by atoms with van der Waals surface area (Å²) in [7, 11) is -3.48. The van der Waals surface area contributed by atoms with Gasteiger partial charge in [-0.05, 0) is 37.8 Å². The Bertz CT molecular complexity index is 802. The lowest BCUT2D eigenvalue weighted by Crippen LogP contribution is -2.43. The highest BCUT2D eigenvalue weighted by Gasteiger charge is 2.26. The van der Waals surface area contributed by atoms with Crippen LogP contribution in [0.4, 0.5) is 4.79 Å². The lowest BCUT2D eigenvalue weighted by atomic mass is 10.2. The third kappa shape index (κ3) is 6.42. The van der Waals surface area contributed by atoms with Gasteiger partial charge in [-0.1, -0.05) is 19.3 Å². The van der Waals surface area contributed by atoms with Crippen LogP contribution in [0.5, 0.6) is 0 Å². The molecule has 1 aromatic heterocycles. The molecule has 29 heavy (non-hydrogen) atoms. The van der Waals surface area contributed by atoms with Crippen molar-refractivity contribution in [2.24, 2.45) is 0 Å². The summed E-state index contributed by atoms with van der Waals surface area (Å²) in [4.78, 5) is 28.1. The number of urea groups is 1. The molecule has 0 aromatic carbocycles. The minimum atomic E-state index is -3.48. The highest BCUT2D eigenvalue weighted by Crippen LogP contribution is 2.22. The van der Waals surface area contributed by atoms with Gasteiger partial charge in [-0.3, -0.25) is 10.1 Å². The van der Waals surface area contributed by atoms with Crippen LogP contribution in [0.25, 0.3) is 0 Å². The summed E-state index contributed by atoms with van der Waals surface area (Å²) in [6, 6.07) is 2.96. The molecule has 2 N–H and O–H groups in total. The van der Waals surface area contributed by atoms with Gasteiger partial charge in [0.25, 0.3) is 0 Å². The molecule has 1 saturated carbocycles. The van der Waals surface area contributed by atoms with E-state index in [-0.39, 0.29) is 23.3 Å². The maximum Gasteiger partial charge on any atom is 0.321 e. The molecule has 1 aliphatic carbocycles. The zero-order valence-electron chi connectivity index (χ0n) is 16.4. The van der Waals surface area contributed by atoms with Gasteiger partial charge >= 0.3 is 6.03 Å². The van der Waals surface area contributed by atoms with Gasteiger partial charge in [-0.25, -0.2) is 18.2 Å². The molecule has 3 rings (SSSR count). The number of carbonyl (C=O) groups excluding carboxylic acids is 2. The number of thioether (sulfide) groups is 1. The number of aromatic nitrogens is 1. The van der Waals surface area contributed by atoms with E-state index in [1.165, 1.54) is 22.3 Å². The van der Waals surface area contributed by atoms with Crippen LogP contribution >= 0.6 is 11.8 Å². The van der Waals surface area contributed by atoms with Crippen molar-refractivity contribution in [2.45, 2.75) is 67.3 Å². The van der Waals surface area contributed by atoms with E-state index in [0.29, 0.717) is 23.9 Å². The molecule has 2 heterocycles. The van der Waals surface area contributed by atoms with Gasteiger partial charge < -0.3 is 5.32 Å². The molecule has 2 aliphatic rings. The number of amides is 3. The van der Waals surface area contributed by atoms with Crippen molar-refractivity contribution < 1.29 is 18.0 Å². The van der Waals surface area contributed by atoms with E-state index in [2.05, 4.69) is 15.6 Å². The summed E-state index contributed by atoms with van der Waals surface area (Å²) in [6.45, 7) is 1.12. The molecule has 0 bridgehead atoms. The largest absolute Gasteiger partial charge is 0.335 e. The van der Waals surface area contributed by atoms with E-state index in [9.17, 15) is 18.0 Å². The van der Waals surface area contributed by atoms with Crippen LogP contribution in [-0.4, -0.2) is 54.5 Å². The predicted molar refractivity (Wildman–Crippen MR) is 111 cm³/mol. The number of carbonyl (C=O) groups is 2. The van der Waals surface area contributed by atoms with E-state index in [0.717, 1.165) is 44.9 Å². The lowest BCUT2D eigenvalue weighted by Gasteiger charge is -2.25. The summed E-state index contributed by atoms with van der Waals surface area (Å²) >= 11 is 1.35. The number of rotatable bonds is 7. The molecule has 0 spiro atoms. The molecule has 0 radical (unpaired) electrons. The average molecular weight is 441 g/mol. The molecule has 10 heteroatoms. The summed E-state index contributed by atoms with van der Waals surface area (Å²) in [5.74, 6) is 0.116. The first-order valence-corrected chi connectivity index (χ1v) is 12.6. The summed E-state index contributed by atoms with van der Waals surface area (Å²) in [5, 5.41) is 5.81. The predicted octanol–water partition coefficient (Wildman–Crippen LogP) is 2.51. The molecule has 3 amide bonds. The van der Waals surface area contributed by atoms with Crippen LogP contribution in [0.3, 0.4) is 0 Å². The Balaban J connectivity index is 1.41. The number of hydrogen-bond acceptors (Lipinski definition) is 6. The number of nitrogens with one attached hydrogen (secondary N) is 2. The summed E-state index contributed by atoms with van der Waals surface area (Å²) in [6.07, 6.45) is 8.55. The van der Waals surface area contributed by atoms with E-state index < -0.39 is 16.1 Å². The SMILES string of the molecule is O=C(CCSc1ccc(S(=O)(=O)N2CCCCC2)cn1)NC(=O)NC1CCCC1. The van der Waals surface area contributed by atoms with Gasteiger partial charge in [0, 0.05) is 37.5 Å². The standard InChI is InChI=1S/C19H28N4O4S2/c24-17(22-19(25)21-15-6-2-3-7-15)10-13-28-18-9-8-16(14-20-18)29(26,27)23-11-4-1-5-12-23/h8-9,14-15H,1-7,10-13H2,(H2,21,22,24,25). The Morgan fingerprint density at radius 2 is 1.83 bits per heavy atom. The monoisotopic (exact) mass is 440 g/mol. The molecule has 160 valence electrons. The number of imide groups is 1. The first-order valence-electron chi connectivity index (χ1n) is 10.1. The van der Waals surface area contributed by atoms with Gasteiger partial charge in [0.2, 0.25) is 15.9 Å². The first kappa shape index (κ1) is 22.0. The van der Waals surface area contributed by atoms with E-state index >= 15 is 0 Å². The van der Waals surface area contributed by atoms with Crippen molar-refractivity contribution in [3.05, 3.63) is 18.3 Å². The van der Waals surface area contributed by atoms with Crippen molar-refractivity contribution in [3.8, 4) is 0 Å². The van der Waals surface area contributed by atoms with Crippen LogP contribution in [0.1, 0.15) is 51.4 Å². The maximum absolute atomic E-state index is 12.6. The van der Waals surface area contributed by atoms with Crippen molar-refractivity contribution in [3.63, 3.8) is 0 Å². The zero-order chi connectivity index (χ0) is 20.7. The minimum Gasteiger partial charge on any atom is -0.335 e. The normalized spacial score (nSPS) is 18.5. The number of piperidine rings is 1. The first-order chi connectivity index (χ1) is 13.9. The van der Waals surface area contributed by atoms with E-state index in [1.54, 1.807) is 12.1 Å². The second kappa shape index (κ2) is 10.4. The number of sulfonamides is 1. The van der Waals surface area contributed by atoms with Crippen LogP contribution < -0.4 is 10.6 Å². The molecule has 2 fully saturated rings. The third-order valence-corrected chi connectivity index (χ3v) is 8.01. The van der Waals surface area contributed by atoms with Crippen LogP contribution in [-0.2, 0) is 14.8 Å². The van der Waals surface area contributed by atoms with Crippen LogP contribution in [0.2, 0.25) is 0 Å². The highest BCUT2D eigenvalue weighted by atomic mass is 32.2. The van der Waals surface area contributed by atoms with Gasteiger partial charge in [-0.2, -0.15) is 4.31 Å². The van der Waals surface area contributed by atoms with Crippen LogP contribution in [0, 0.1) is 0 Å². The molecule has 1 aromatic rings. The van der Waals surface area contributed by atoms with Crippen molar-refractivity contribution in [1.29, 1.82) is 0 Å². The Morgan fingerprint density at radius 1 is 1.10 bits per heavy atom. The zero-order valence-corrected chi connectivity index (χ0v) is 18.1. The number of hydrogen-bond donors (Lipinski definition) is 2. The number of nitrogens with zero attached hydrogens (tertiary/aromatic N) is 2. The topological polar surface area (TPSA) is 108 Å². The number of pyridine rings is 1. The molecule has 1 aliphatic heterocycles. The Labute approximate surface area is 176 Å². The van der Waals surface area contributed by atoms with Gasteiger partial charge in [0.15, 0.2) is 0 Å². The Morgan fingerprint density at radius 3 is 2.48 bits per heavy atom. The molecular formula is C19H28N4O4S2. The molecule has 0 unspecified atom stereocenters. The van der Waals surface area contributed by atoms with Crippen molar-refractivity contribution >= 4 is 33.7 Å². The molecule has 1 saturated heterocycles. The smallest absolute Gasteiger partial charge is 0.321 e. The highest BCUT2D eigenvalue weighted by molar-refractivity contribution is 7.99. The second-order valence-electron chi connectivity index (χ2n) is 7.40. The van der Waals surface area contributed by atoms with Gasteiger partial charge in [0.05, 0.1) is 5.03 Å². The fraction of sp³-hybridized carbons (Fsp3) is 0.632. The molecule has 0 atom stereocenters. The summed E-state index contributed by atoms with van der Waals surface area (Å²) < 4.78 is 26.7. The van der Waals surface area contributed by atoms with E-state index in [1.807, 2.05) is 0 Å². The Kier molecular flexibility index (Phi) is 7.91. The Hall–Kier alpha value is -1.65. The lowest BCUT2D eigenvalue weighted by molar-refractivity contribution is -0.119. The van der Waals surface area contributed by atoms with Gasteiger partial charge in [0.1, 0.15) is 4.90 Å². The van der Waals surface area contributed by atoms with Gasteiger partial charge in [-0.15, -0.1) is 11.8 Å². The molecule has 8 nitrogen and oxygen atoms in total. The maximum atomic E-state index is 12.6. The fourth-order valence-electron chi connectivity index (χ4n) is 3.59. The molecular weight excluding hydrogens is 412 g/mol.